The van der Waals surface area contributed by atoms with Crippen molar-refractivity contribution in [3.63, 3.8) is 0 Å². The topological polar surface area (TPSA) is 19.0 Å². The molecule has 2 atom stereocenters. The molecular formula is C24H36FN3O. The van der Waals surface area contributed by atoms with Gasteiger partial charge in [-0.15, -0.1) is 0 Å². The Morgan fingerprint density at radius 1 is 1.00 bits per heavy atom. The zero-order valence-corrected chi connectivity index (χ0v) is 17.9. The standard InChI is InChI=1S/C24H36FN3O/c1-19-4-2-12-28(19)21-7-13-26(17-21)20-5-6-23(22(25)16-20)27-11-3-8-24(18-27)9-14-29-15-10-24/h5-6,16,19,21H,2-4,7-15,17-18H2,1H3/t19-,21-/m1/s1. The average molecular weight is 402 g/mol. The van der Waals surface area contributed by atoms with E-state index in [-0.39, 0.29) is 5.82 Å². The van der Waals surface area contributed by atoms with Crippen LogP contribution in [0.1, 0.15) is 51.9 Å². The largest absolute Gasteiger partial charge is 0.381 e. The summed E-state index contributed by atoms with van der Waals surface area (Å²) in [6.07, 6.45) is 8.50. The first-order valence-corrected chi connectivity index (χ1v) is 11.8. The molecule has 4 heterocycles. The van der Waals surface area contributed by atoms with Crippen LogP contribution in [0.4, 0.5) is 15.8 Å². The molecule has 4 fully saturated rings. The SMILES string of the molecule is C[C@@H]1CCCN1[C@@H]1CCN(c2ccc(N3CCCC4(CCOCC4)C3)c(F)c2)C1. The maximum Gasteiger partial charge on any atom is 0.148 e. The minimum atomic E-state index is -0.0513. The highest BCUT2D eigenvalue weighted by molar-refractivity contribution is 5.58. The van der Waals surface area contributed by atoms with Crippen molar-refractivity contribution in [3.05, 3.63) is 24.0 Å². The van der Waals surface area contributed by atoms with Gasteiger partial charge in [-0.1, -0.05) is 0 Å². The molecule has 0 radical (unpaired) electrons. The van der Waals surface area contributed by atoms with Crippen LogP contribution in [-0.2, 0) is 4.74 Å². The normalized spacial score (nSPS) is 30.4. The van der Waals surface area contributed by atoms with Gasteiger partial charge >= 0.3 is 0 Å². The molecule has 29 heavy (non-hydrogen) atoms. The van der Waals surface area contributed by atoms with Gasteiger partial charge in [-0.05, 0) is 82.0 Å². The summed E-state index contributed by atoms with van der Waals surface area (Å²) in [6.45, 7) is 9.34. The molecule has 0 saturated carbocycles. The maximum absolute atomic E-state index is 15.2. The summed E-state index contributed by atoms with van der Waals surface area (Å²) < 4.78 is 20.8. The second kappa shape index (κ2) is 8.07. The van der Waals surface area contributed by atoms with E-state index in [1.165, 1.54) is 32.2 Å². The molecule has 0 aliphatic carbocycles. The molecule has 5 rings (SSSR count). The molecule has 4 saturated heterocycles. The van der Waals surface area contributed by atoms with Gasteiger partial charge in [0.15, 0.2) is 0 Å². The van der Waals surface area contributed by atoms with Crippen LogP contribution in [0.15, 0.2) is 18.2 Å². The van der Waals surface area contributed by atoms with Gasteiger partial charge in [0, 0.05) is 57.2 Å². The zero-order chi connectivity index (χ0) is 19.8. The first kappa shape index (κ1) is 19.6. The van der Waals surface area contributed by atoms with Gasteiger partial charge in [0.1, 0.15) is 5.82 Å². The van der Waals surface area contributed by atoms with Crippen molar-refractivity contribution in [3.8, 4) is 0 Å². The molecule has 1 aromatic rings. The van der Waals surface area contributed by atoms with Gasteiger partial charge in [0.25, 0.3) is 0 Å². The highest BCUT2D eigenvalue weighted by atomic mass is 19.1. The van der Waals surface area contributed by atoms with Crippen LogP contribution in [-0.4, -0.2) is 62.9 Å². The summed E-state index contributed by atoms with van der Waals surface area (Å²) in [5.74, 6) is -0.0513. The maximum atomic E-state index is 15.2. The third-order valence-electron chi connectivity index (χ3n) is 8.09. The number of benzene rings is 1. The van der Waals surface area contributed by atoms with Crippen LogP contribution >= 0.6 is 0 Å². The lowest BCUT2D eigenvalue weighted by Gasteiger charge is -2.46. The predicted octanol–water partition coefficient (Wildman–Crippen LogP) is 4.29. The van der Waals surface area contributed by atoms with Crippen LogP contribution in [0, 0.1) is 11.2 Å². The first-order valence-electron chi connectivity index (χ1n) is 11.8. The number of ether oxygens (including phenoxy) is 1. The number of hydrogen-bond donors (Lipinski definition) is 0. The van der Waals surface area contributed by atoms with Crippen LogP contribution < -0.4 is 9.80 Å². The van der Waals surface area contributed by atoms with Gasteiger partial charge in [-0.2, -0.15) is 0 Å². The lowest BCUT2D eigenvalue weighted by Crippen LogP contribution is -2.46. The number of halogens is 1. The summed E-state index contributed by atoms with van der Waals surface area (Å²) in [7, 11) is 0. The molecule has 160 valence electrons. The monoisotopic (exact) mass is 401 g/mol. The summed E-state index contributed by atoms with van der Waals surface area (Å²) >= 11 is 0. The highest BCUT2D eigenvalue weighted by Gasteiger charge is 2.38. The fraction of sp³-hybridized carbons (Fsp3) is 0.750. The number of anilines is 2. The predicted molar refractivity (Wildman–Crippen MR) is 116 cm³/mol. The third-order valence-corrected chi connectivity index (χ3v) is 8.09. The molecule has 4 aliphatic heterocycles. The molecule has 0 unspecified atom stereocenters. The minimum Gasteiger partial charge on any atom is -0.381 e. The third kappa shape index (κ3) is 3.88. The van der Waals surface area contributed by atoms with Crippen LogP contribution in [0.3, 0.4) is 0 Å². The Bertz CT molecular complexity index is 715. The van der Waals surface area contributed by atoms with E-state index in [0.717, 1.165) is 70.0 Å². The Kier molecular flexibility index (Phi) is 5.46. The van der Waals surface area contributed by atoms with Crippen LogP contribution in [0.25, 0.3) is 0 Å². The highest BCUT2D eigenvalue weighted by Crippen LogP contribution is 2.41. The lowest BCUT2D eigenvalue weighted by molar-refractivity contribution is 0.00749. The number of likely N-dealkylation sites (tertiary alicyclic amines) is 1. The summed E-state index contributed by atoms with van der Waals surface area (Å²) in [6, 6.07) is 7.31. The zero-order valence-electron chi connectivity index (χ0n) is 17.9. The number of rotatable bonds is 3. The van der Waals surface area contributed by atoms with Crippen molar-refractivity contribution >= 4 is 11.4 Å². The molecule has 0 bridgehead atoms. The fourth-order valence-electron chi connectivity index (χ4n) is 6.32. The molecule has 4 nitrogen and oxygen atoms in total. The van der Waals surface area contributed by atoms with Gasteiger partial charge < -0.3 is 14.5 Å². The quantitative estimate of drug-likeness (QED) is 0.752. The van der Waals surface area contributed by atoms with Crippen molar-refractivity contribution in [2.24, 2.45) is 5.41 Å². The Labute approximate surface area is 175 Å². The Hall–Kier alpha value is -1.33. The van der Waals surface area contributed by atoms with Crippen molar-refractivity contribution in [2.45, 2.75) is 64.0 Å². The van der Waals surface area contributed by atoms with Crippen LogP contribution in [0.5, 0.6) is 0 Å². The van der Waals surface area contributed by atoms with E-state index in [0.29, 0.717) is 17.5 Å². The Morgan fingerprint density at radius 2 is 1.86 bits per heavy atom. The smallest absolute Gasteiger partial charge is 0.148 e. The van der Waals surface area contributed by atoms with E-state index in [9.17, 15) is 0 Å². The Balaban J connectivity index is 1.27. The minimum absolute atomic E-state index is 0.0513. The van der Waals surface area contributed by atoms with Gasteiger partial charge in [0.2, 0.25) is 0 Å². The van der Waals surface area contributed by atoms with E-state index in [2.05, 4.69) is 27.7 Å². The van der Waals surface area contributed by atoms with Crippen molar-refractivity contribution in [2.75, 3.05) is 55.7 Å². The summed E-state index contributed by atoms with van der Waals surface area (Å²) in [4.78, 5) is 7.36. The molecule has 5 heteroatoms. The molecule has 1 aromatic carbocycles. The molecule has 0 aromatic heterocycles. The summed E-state index contributed by atoms with van der Waals surface area (Å²) in [5, 5.41) is 0. The molecule has 0 amide bonds. The summed E-state index contributed by atoms with van der Waals surface area (Å²) in [5.41, 5.74) is 2.18. The van der Waals surface area contributed by atoms with Crippen LogP contribution in [0.2, 0.25) is 0 Å². The van der Waals surface area contributed by atoms with E-state index in [1.54, 1.807) is 6.07 Å². The molecule has 4 aliphatic rings. The Morgan fingerprint density at radius 3 is 2.62 bits per heavy atom. The van der Waals surface area contributed by atoms with E-state index < -0.39 is 0 Å². The van der Waals surface area contributed by atoms with Crippen molar-refractivity contribution in [1.82, 2.24) is 4.90 Å². The van der Waals surface area contributed by atoms with Crippen molar-refractivity contribution < 1.29 is 9.13 Å². The second-order valence-corrected chi connectivity index (χ2v) is 9.89. The lowest BCUT2D eigenvalue weighted by atomic mass is 9.74. The molecular weight excluding hydrogens is 365 g/mol. The second-order valence-electron chi connectivity index (χ2n) is 9.89. The van der Waals surface area contributed by atoms with Gasteiger partial charge in [0.05, 0.1) is 5.69 Å². The van der Waals surface area contributed by atoms with Gasteiger partial charge in [-0.3, -0.25) is 4.90 Å². The fourth-order valence-corrected chi connectivity index (χ4v) is 6.32. The van der Waals surface area contributed by atoms with E-state index >= 15 is 4.39 Å². The first-order chi connectivity index (χ1) is 14.1. The number of hydrogen-bond acceptors (Lipinski definition) is 4. The average Bonchev–Trinajstić information content (AvgIpc) is 3.37. The molecule has 0 N–H and O–H groups in total. The van der Waals surface area contributed by atoms with Crippen molar-refractivity contribution in [1.29, 1.82) is 0 Å². The number of piperidine rings is 1. The van der Waals surface area contributed by atoms with E-state index in [1.807, 2.05) is 6.07 Å². The molecule has 1 spiro atoms. The number of nitrogens with zero attached hydrogens (tertiary/aromatic N) is 3. The van der Waals surface area contributed by atoms with Gasteiger partial charge in [-0.25, -0.2) is 4.39 Å². The van der Waals surface area contributed by atoms with E-state index in [4.69, 9.17) is 4.74 Å².